The Bertz CT molecular complexity index is 567. The van der Waals surface area contributed by atoms with E-state index in [1.807, 2.05) is 13.8 Å². The molecule has 0 radical (unpaired) electrons. The second kappa shape index (κ2) is 6.73. The summed E-state index contributed by atoms with van der Waals surface area (Å²) in [6.07, 6.45) is 1.31. The average Bonchev–Trinajstić information content (AvgIpc) is 2.34. The molecule has 4 nitrogen and oxygen atoms in total. The van der Waals surface area contributed by atoms with E-state index in [1.54, 1.807) is 19.9 Å². The zero-order chi connectivity index (χ0) is 16.2. The highest BCUT2D eigenvalue weighted by atomic mass is 16.5. The number of carbonyl (C=O) groups is 2. The van der Waals surface area contributed by atoms with Crippen LogP contribution in [-0.4, -0.2) is 29.6 Å². The lowest BCUT2D eigenvalue weighted by atomic mass is 9.71. The van der Waals surface area contributed by atoms with E-state index in [0.29, 0.717) is 12.0 Å². The van der Waals surface area contributed by atoms with Crippen molar-refractivity contribution in [1.29, 1.82) is 0 Å². The van der Waals surface area contributed by atoms with E-state index in [1.165, 1.54) is 6.92 Å². The summed E-state index contributed by atoms with van der Waals surface area (Å²) in [6, 6.07) is 0. The van der Waals surface area contributed by atoms with Crippen molar-refractivity contribution in [3.63, 3.8) is 0 Å². The SMILES string of the molecule is CC(=O)O[C@H]1CC(C)(C)C(C#C/C(C)=C/CO)=C(C)C1=O. The Hall–Kier alpha value is -1.86. The maximum absolute atomic E-state index is 12.3. The molecule has 114 valence electrons. The number of ether oxygens (including phenoxy) is 1. The van der Waals surface area contributed by atoms with Gasteiger partial charge in [0.05, 0.1) is 6.61 Å². The van der Waals surface area contributed by atoms with E-state index in [4.69, 9.17) is 9.84 Å². The first kappa shape index (κ1) is 17.2. The molecule has 0 bridgehead atoms. The fourth-order valence-electron chi connectivity index (χ4n) is 2.44. The number of allylic oxidation sites excluding steroid dienone is 2. The summed E-state index contributed by atoms with van der Waals surface area (Å²) in [5.74, 6) is 5.35. The van der Waals surface area contributed by atoms with E-state index in [0.717, 1.165) is 11.1 Å². The van der Waals surface area contributed by atoms with Gasteiger partial charge in [-0.25, -0.2) is 0 Å². The van der Waals surface area contributed by atoms with E-state index >= 15 is 0 Å². The van der Waals surface area contributed by atoms with Crippen LogP contribution in [0.3, 0.4) is 0 Å². The first-order chi connectivity index (χ1) is 9.69. The predicted molar refractivity (Wildman–Crippen MR) is 80.3 cm³/mol. The smallest absolute Gasteiger partial charge is 0.303 e. The Balaban J connectivity index is 3.18. The van der Waals surface area contributed by atoms with Crippen LogP contribution < -0.4 is 0 Å². The summed E-state index contributed by atoms with van der Waals surface area (Å²) in [5, 5.41) is 8.83. The molecule has 0 aromatic carbocycles. The first-order valence-corrected chi connectivity index (χ1v) is 6.91. The standard InChI is InChI=1S/C17H22O4/c1-11(8-9-18)6-7-14-12(2)16(20)15(21-13(3)19)10-17(14,4)5/h8,15,18H,9-10H2,1-5H3/b11-8+/t15-/m0/s1. The van der Waals surface area contributed by atoms with Crippen LogP contribution in [0.1, 0.15) is 41.0 Å². The van der Waals surface area contributed by atoms with Crippen LogP contribution in [0.4, 0.5) is 0 Å². The Kier molecular flexibility index (Phi) is 5.51. The lowest BCUT2D eigenvalue weighted by molar-refractivity contribution is -0.153. The first-order valence-electron chi connectivity index (χ1n) is 6.91. The van der Waals surface area contributed by atoms with Gasteiger partial charge in [-0.3, -0.25) is 9.59 Å². The number of aliphatic hydroxyl groups is 1. The minimum Gasteiger partial charge on any atom is -0.454 e. The molecule has 1 rings (SSSR count). The van der Waals surface area contributed by atoms with Gasteiger partial charge in [0.2, 0.25) is 0 Å². The van der Waals surface area contributed by atoms with Gasteiger partial charge < -0.3 is 9.84 Å². The quantitative estimate of drug-likeness (QED) is 0.625. The Morgan fingerprint density at radius 2 is 2.10 bits per heavy atom. The Morgan fingerprint density at radius 3 is 2.62 bits per heavy atom. The van der Waals surface area contributed by atoms with Crippen molar-refractivity contribution in [2.45, 2.75) is 47.1 Å². The van der Waals surface area contributed by atoms with Gasteiger partial charge in [0.1, 0.15) is 0 Å². The third-order valence-corrected chi connectivity index (χ3v) is 3.50. The highest BCUT2D eigenvalue weighted by molar-refractivity contribution is 6.01. The number of Topliss-reactive ketones (excluding diaryl/α,β-unsaturated/α-hetero) is 1. The van der Waals surface area contributed by atoms with Crippen LogP contribution in [0.25, 0.3) is 0 Å². The minimum absolute atomic E-state index is 0.0601. The number of carbonyl (C=O) groups excluding carboxylic acids is 2. The molecule has 0 heterocycles. The molecule has 1 atom stereocenters. The van der Waals surface area contributed by atoms with Crippen LogP contribution >= 0.6 is 0 Å². The molecule has 0 unspecified atom stereocenters. The summed E-state index contributed by atoms with van der Waals surface area (Å²) in [5.41, 5.74) is 1.72. The fourth-order valence-corrected chi connectivity index (χ4v) is 2.44. The molecule has 0 fully saturated rings. The van der Waals surface area contributed by atoms with Crippen molar-refractivity contribution in [2.75, 3.05) is 6.61 Å². The van der Waals surface area contributed by atoms with Crippen LogP contribution in [-0.2, 0) is 14.3 Å². The van der Waals surface area contributed by atoms with Crippen LogP contribution in [0.2, 0.25) is 0 Å². The summed E-state index contributed by atoms with van der Waals surface area (Å²) in [4.78, 5) is 23.4. The molecule has 1 N–H and O–H groups in total. The van der Waals surface area contributed by atoms with Crippen LogP contribution in [0.15, 0.2) is 22.8 Å². The van der Waals surface area contributed by atoms with Gasteiger partial charge in [-0.15, -0.1) is 0 Å². The number of hydrogen-bond acceptors (Lipinski definition) is 4. The van der Waals surface area contributed by atoms with Crippen molar-refractivity contribution in [3.8, 4) is 11.8 Å². The molecule has 0 aromatic heterocycles. The highest BCUT2D eigenvalue weighted by Crippen LogP contribution is 2.39. The van der Waals surface area contributed by atoms with E-state index in [9.17, 15) is 9.59 Å². The summed E-state index contributed by atoms with van der Waals surface area (Å²) >= 11 is 0. The van der Waals surface area contributed by atoms with Crippen LogP contribution in [0.5, 0.6) is 0 Å². The average molecular weight is 290 g/mol. The van der Waals surface area contributed by atoms with Gasteiger partial charge in [0.25, 0.3) is 0 Å². The second-order valence-electron chi connectivity index (χ2n) is 5.87. The molecule has 4 heteroatoms. The molecule has 0 saturated carbocycles. The van der Waals surface area contributed by atoms with Gasteiger partial charge in [0, 0.05) is 29.9 Å². The topological polar surface area (TPSA) is 63.6 Å². The molecule has 21 heavy (non-hydrogen) atoms. The van der Waals surface area contributed by atoms with Gasteiger partial charge in [0.15, 0.2) is 11.9 Å². The molecule has 0 aromatic rings. The van der Waals surface area contributed by atoms with Gasteiger partial charge in [-0.2, -0.15) is 0 Å². The summed E-state index contributed by atoms with van der Waals surface area (Å²) < 4.78 is 5.11. The highest BCUT2D eigenvalue weighted by Gasteiger charge is 2.39. The van der Waals surface area contributed by atoms with E-state index in [2.05, 4.69) is 11.8 Å². The minimum atomic E-state index is -0.725. The predicted octanol–water partition coefficient (Wildman–Crippen LogP) is 2.18. The molecular formula is C17H22O4. The second-order valence-corrected chi connectivity index (χ2v) is 5.87. The van der Waals surface area contributed by atoms with Crippen molar-refractivity contribution >= 4 is 11.8 Å². The zero-order valence-corrected chi connectivity index (χ0v) is 13.2. The number of aliphatic hydroxyl groups excluding tert-OH is 1. The third kappa shape index (κ3) is 4.30. The van der Waals surface area contributed by atoms with Crippen LogP contribution in [0, 0.1) is 17.3 Å². The number of esters is 1. The summed E-state index contributed by atoms with van der Waals surface area (Å²) in [7, 11) is 0. The van der Waals surface area contributed by atoms with Crippen molar-refractivity contribution in [2.24, 2.45) is 5.41 Å². The molecule has 1 aliphatic rings. The van der Waals surface area contributed by atoms with Crippen molar-refractivity contribution in [1.82, 2.24) is 0 Å². The number of hydrogen-bond donors (Lipinski definition) is 1. The number of ketones is 1. The van der Waals surface area contributed by atoms with Gasteiger partial charge >= 0.3 is 5.97 Å². The maximum atomic E-state index is 12.3. The van der Waals surface area contributed by atoms with E-state index in [-0.39, 0.29) is 17.8 Å². The Labute approximate surface area is 125 Å². The third-order valence-electron chi connectivity index (χ3n) is 3.50. The molecule has 0 amide bonds. The van der Waals surface area contributed by atoms with Crippen molar-refractivity contribution < 1.29 is 19.4 Å². The lowest BCUT2D eigenvalue weighted by Crippen LogP contribution is -2.38. The monoisotopic (exact) mass is 290 g/mol. The van der Waals surface area contributed by atoms with Crippen molar-refractivity contribution in [3.05, 3.63) is 22.8 Å². The normalized spacial score (nSPS) is 21.7. The Morgan fingerprint density at radius 1 is 1.48 bits per heavy atom. The molecule has 0 spiro atoms. The fraction of sp³-hybridized carbons (Fsp3) is 0.529. The van der Waals surface area contributed by atoms with Gasteiger partial charge in [-0.1, -0.05) is 25.7 Å². The summed E-state index contributed by atoms with van der Waals surface area (Å²) in [6.45, 7) is 8.73. The molecule has 0 aliphatic heterocycles. The number of rotatable bonds is 2. The molecule has 1 aliphatic carbocycles. The molecular weight excluding hydrogens is 268 g/mol. The van der Waals surface area contributed by atoms with E-state index < -0.39 is 12.1 Å². The largest absolute Gasteiger partial charge is 0.454 e. The lowest BCUT2D eigenvalue weighted by Gasteiger charge is -2.34. The zero-order valence-electron chi connectivity index (χ0n) is 13.2. The maximum Gasteiger partial charge on any atom is 0.303 e. The van der Waals surface area contributed by atoms with Gasteiger partial charge in [-0.05, 0) is 25.5 Å². The molecule has 0 saturated heterocycles.